The molecular weight excluding hydrogens is 328 g/mol. The van der Waals surface area contributed by atoms with Crippen molar-refractivity contribution >= 4 is 5.91 Å². The number of ether oxygens (including phenoxy) is 2. The van der Waals surface area contributed by atoms with Crippen LogP contribution in [0.25, 0.3) is 0 Å². The van der Waals surface area contributed by atoms with E-state index in [9.17, 15) is 4.79 Å². The van der Waals surface area contributed by atoms with Crippen LogP contribution in [0.1, 0.15) is 45.4 Å². The summed E-state index contributed by atoms with van der Waals surface area (Å²) < 4.78 is 11.1. The highest BCUT2D eigenvalue weighted by molar-refractivity contribution is 5.79. The molecule has 0 unspecified atom stereocenters. The lowest BCUT2D eigenvalue weighted by Gasteiger charge is -2.41. The van der Waals surface area contributed by atoms with Gasteiger partial charge in [-0.2, -0.15) is 0 Å². The van der Waals surface area contributed by atoms with Crippen molar-refractivity contribution in [2.75, 3.05) is 33.9 Å². The molecule has 1 atom stereocenters. The summed E-state index contributed by atoms with van der Waals surface area (Å²) >= 11 is 0. The number of likely N-dealkylation sites (N-methyl/N-ethyl adjacent to an activating group) is 1. The average molecular weight is 360 g/mol. The molecule has 5 heteroatoms. The molecule has 0 aromatic heterocycles. The zero-order valence-electron chi connectivity index (χ0n) is 16.4. The Balaban J connectivity index is 1.71. The molecule has 1 heterocycles. The number of benzene rings is 1. The van der Waals surface area contributed by atoms with E-state index in [1.165, 1.54) is 19.3 Å². The molecule has 1 spiro atoms. The van der Waals surface area contributed by atoms with E-state index in [1.54, 1.807) is 7.11 Å². The van der Waals surface area contributed by atoms with E-state index in [0.29, 0.717) is 17.5 Å². The summed E-state index contributed by atoms with van der Waals surface area (Å²) in [5, 5.41) is 0. The molecule has 2 aliphatic rings. The minimum Gasteiger partial charge on any atom is -0.493 e. The van der Waals surface area contributed by atoms with Crippen LogP contribution in [0, 0.1) is 0 Å². The molecule has 5 nitrogen and oxygen atoms in total. The molecule has 144 valence electrons. The van der Waals surface area contributed by atoms with Gasteiger partial charge in [-0.15, -0.1) is 0 Å². The molecule has 0 bridgehead atoms. The monoisotopic (exact) mass is 360 g/mol. The maximum atomic E-state index is 13.1. The zero-order valence-corrected chi connectivity index (χ0v) is 16.4. The fourth-order valence-corrected chi connectivity index (χ4v) is 4.58. The lowest BCUT2D eigenvalue weighted by molar-refractivity contribution is -0.138. The van der Waals surface area contributed by atoms with E-state index in [1.807, 2.05) is 24.3 Å². The van der Waals surface area contributed by atoms with Crippen LogP contribution >= 0.6 is 0 Å². The van der Waals surface area contributed by atoms with Gasteiger partial charge in [-0.05, 0) is 45.0 Å². The Morgan fingerprint density at radius 3 is 2.58 bits per heavy atom. The quantitative estimate of drug-likeness (QED) is 0.780. The number of para-hydroxylation sites is 2. The van der Waals surface area contributed by atoms with Crippen LogP contribution in [0.4, 0.5) is 0 Å². The molecule has 0 radical (unpaired) electrons. The number of methoxy groups -OCH3 is 1. The van der Waals surface area contributed by atoms with Crippen LogP contribution in [-0.4, -0.2) is 61.1 Å². The highest BCUT2D eigenvalue weighted by atomic mass is 16.5. The van der Waals surface area contributed by atoms with Crippen molar-refractivity contribution in [2.45, 2.75) is 57.0 Å². The maximum Gasteiger partial charge on any atom is 0.261 e. The summed E-state index contributed by atoms with van der Waals surface area (Å²) in [4.78, 5) is 17.6. The first-order valence-corrected chi connectivity index (χ1v) is 9.86. The lowest BCUT2D eigenvalue weighted by Crippen LogP contribution is -2.50. The Morgan fingerprint density at radius 2 is 1.92 bits per heavy atom. The van der Waals surface area contributed by atoms with Gasteiger partial charge in [-0.3, -0.25) is 4.79 Å². The fourth-order valence-electron chi connectivity index (χ4n) is 4.58. The van der Waals surface area contributed by atoms with Gasteiger partial charge in [-0.25, -0.2) is 0 Å². The highest BCUT2D eigenvalue weighted by Gasteiger charge is 2.48. The molecule has 1 aromatic carbocycles. The Morgan fingerprint density at radius 1 is 1.23 bits per heavy atom. The second kappa shape index (κ2) is 8.30. The number of amides is 1. The van der Waals surface area contributed by atoms with Crippen LogP contribution in [0.2, 0.25) is 0 Å². The minimum atomic E-state index is 0.0353. The summed E-state index contributed by atoms with van der Waals surface area (Å²) in [7, 11) is 3.78. The van der Waals surface area contributed by atoms with Crippen molar-refractivity contribution in [3.05, 3.63) is 24.3 Å². The van der Waals surface area contributed by atoms with Gasteiger partial charge in [0.05, 0.1) is 7.11 Å². The van der Waals surface area contributed by atoms with Crippen molar-refractivity contribution in [3.8, 4) is 11.5 Å². The van der Waals surface area contributed by atoms with Gasteiger partial charge >= 0.3 is 0 Å². The van der Waals surface area contributed by atoms with E-state index < -0.39 is 0 Å². The van der Waals surface area contributed by atoms with E-state index in [0.717, 1.165) is 32.4 Å². The summed E-state index contributed by atoms with van der Waals surface area (Å²) in [5.41, 5.74) is 0.0353. The van der Waals surface area contributed by atoms with Gasteiger partial charge in [0.1, 0.15) is 0 Å². The van der Waals surface area contributed by atoms with Crippen LogP contribution in [0.3, 0.4) is 0 Å². The maximum absolute atomic E-state index is 13.1. The number of rotatable bonds is 6. The van der Waals surface area contributed by atoms with E-state index >= 15 is 0 Å². The van der Waals surface area contributed by atoms with Crippen LogP contribution in [0.15, 0.2) is 24.3 Å². The Labute approximate surface area is 157 Å². The fraction of sp³-hybridized carbons (Fsp3) is 0.667. The molecule has 1 aromatic rings. The minimum absolute atomic E-state index is 0.0353. The first kappa shape index (κ1) is 19.0. The van der Waals surface area contributed by atoms with Gasteiger partial charge in [-0.1, -0.05) is 38.3 Å². The molecule has 1 saturated heterocycles. The Kier molecular flexibility index (Phi) is 6.07. The second-order valence-corrected chi connectivity index (χ2v) is 7.66. The molecule has 1 amide bonds. The number of carbonyl (C=O) groups excluding carboxylic acids is 1. The van der Waals surface area contributed by atoms with Crippen molar-refractivity contribution in [1.82, 2.24) is 9.80 Å². The predicted molar refractivity (Wildman–Crippen MR) is 103 cm³/mol. The average Bonchev–Trinajstić information content (AvgIpc) is 3.04. The Hall–Kier alpha value is -1.75. The zero-order chi connectivity index (χ0) is 18.6. The van der Waals surface area contributed by atoms with Crippen LogP contribution < -0.4 is 9.47 Å². The summed E-state index contributed by atoms with van der Waals surface area (Å²) in [5.74, 6) is 1.39. The molecular formula is C21H32N2O3. The Bertz CT molecular complexity index is 613. The van der Waals surface area contributed by atoms with Gasteiger partial charge in [0, 0.05) is 18.1 Å². The van der Waals surface area contributed by atoms with E-state index in [2.05, 4.69) is 23.8 Å². The SMILES string of the molecule is CCN(C)[C@@H]1CN(C(=O)COc2ccccc2OC)C2(CCCCC2)C1. The van der Waals surface area contributed by atoms with E-state index in [-0.39, 0.29) is 18.1 Å². The molecule has 1 aliphatic carbocycles. The number of carbonyl (C=O) groups is 1. The molecule has 0 N–H and O–H groups in total. The molecule has 1 aliphatic heterocycles. The van der Waals surface area contributed by atoms with Crippen molar-refractivity contribution in [2.24, 2.45) is 0 Å². The number of nitrogens with zero attached hydrogens (tertiary/aromatic N) is 2. The van der Waals surface area contributed by atoms with Gasteiger partial charge in [0.2, 0.25) is 0 Å². The standard InChI is InChI=1S/C21H32N2O3/c1-4-22(2)17-14-21(12-8-5-9-13-21)23(15-17)20(24)16-26-19-11-7-6-10-18(19)25-3/h6-7,10-11,17H,4-5,8-9,12-16H2,1-3H3/t17-/m0/s1. The van der Waals surface area contributed by atoms with Gasteiger partial charge in [0.15, 0.2) is 18.1 Å². The summed E-state index contributed by atoms with van der Waals surface area (Å²) in [6.45, 7) is 4.09. The number of likely N-dealkylation sites (tertiary alicyclic amines) is 1. The first-order chi connectivity index (χ1) is 12.6. The van der Waals surface area contributed by atoms with Crippen LogP contribution in [0.5, 0.6) is 11.5 Å². The van der Waals surface area contributed by atoms with E-state index in [4.69, 9.17) is 9.47 Å². The molecule has 26 heavy (non-hydrogen) atoms. The smallest absolute Gasteiger partial charge is 0.261 e. The number of hydrogen-bond acceptors (Lipinski definition) is 4. The predicted octanol–water partition coefficient (Wildman–Crippen LogP) is 3.33. The normalized spacial score (nSPS) is 22.0. The summed E-state index contributed by atoms with van der Waals surface area (Å²) in [6.07, 6.45) is 7.08. The first-order valence-electron chi connectivity index (χ1n) is 9.86. The third kappa shape index (κ3) is 3.83. The van der Waals surface area contributed by atoms with Crippen molar-refractivity contribution in [3.63, 3.8) is 0 Å². The molecule has 2 fully saturated rings. The molecule has 1 saturated carbocycles. The third-order valence-corrected chi connectivity index (χ3v) is 6.21. The van der Waals surface area contributed by atoms with Crippen molar-refractivity contribution in [1.29, 1.82) is 0 Å². The van der Waals surface area contributed by atoms with Crippen molar-refractivity contribution < 1.29 is 14.3 Å². The van der Waals surface area contributed by atoms with Gasteiger partial charge < -0.3 is 19.3 Å². The van der Waals surface area contributed by atoms with Crippen LogP contribution in [-0.2, 0) is 4.79 Å². The topological polar surface area (TPSA) is 42.0 Å². The highest BCUT2D eigenvalue weighted by Crippen LogP contribution is 2.43. The number of hydrogen-bond donors (Lipinski definition) is 0. The summed E-state index contributed by atoms with van der Waals surface area (Å²) in [6, 6.07) is 7.95. The lowest BCUT2D eigenvalue weighted by atomic mass is 9.79. The largest absolute Gasteiger partial charge is 0.493 e. The second-order valence-electron chi connectivity index (χ2n) is 7.66. The molecule has 3 rings (SSSR count). The third-order valence-electron chi connectivity index (χ3n) is 6.21. The van der Waals surface area contributed by atoms with Gasteiger partial charge in [0.25, 0.3) is 5.91 Å².